The van der Waals surface area contributed by atoms with Crippen molar-refractivity contribution in [1.29, 1.82) is 5.26 Å². The van der Waals surface area contributed by atoms with Crippen LogP contribution in [-0.2, 0) is 0 Å². The molecule has 0 fully saturated rings. The summed E-state index contributed by atoms with van der Waals surface area (Å²) in [4.78, 5) is 0. The molecule has 24 heavy (non-hydrogen) atoms. The maximum atomic E-state index is 9.54. The van der Waals surface area contributed by atoms with Crippen LogP contribution in [0.4, 0.5) is 0 Å². The number of nitriles is 1. The summed E-state index contributed by atoms with van der Waals surface area (Å²) in [6.45, 7) is 2.55. The first-order valence-corrected chi connectivity index (χ1v) is 8.01. The van der Waals surface area contributed by atoms with Crippen LogP contribution in [-0.4, -0.2) is 13.4 Å². The summed E-state index contributed by atoms with van der Waals surface area (Å²) < 4.78 is 16.4. The van der Waals surface area contributed by atoms with Crippen molar-refractivity contribution in [1.82, 2.24) is 0 Å². The number of hydrogen-bond acceptors (Lipinski definition) is 4. The van der Waals surface area contributed by atoms with Crippen LogP contribution >= 0.6 is 23.2 Å². The van der Waals surface area contributed by atoms with Gasteiger partial charge in [0.25, 0.3) is 0 Å². The van der Waals surface area contributed by atoms with E-state index in [0.717, 1.165) is 0 Å². The number of nitrogens with zero attached hydrogens (tertiary/aromatic N) is 1. The highest BCUT2D eigenvalue weighted by molar-refractivity contribution is 6.36. The molecule has 0 N–H and O–H groups in total. The van der Waals surface area contributed by atoms with Crippen molar-refractivity contribution < 1.29 is 14.2 Å². The van der Waals surface area contributed by atoms with Crippen molar-refractivity contribution >= 4 is 34.9 Å². The van der Waals surface area contributed by atoms with Gasteiger partial charge in [-0.25, -0.2) is 0 Å². The smallest absolute Gasteiger partial charge is 0.231 e. The zero-order valence-electron chi connectivity index (χ0n) is 12.8. The summed E-state index contributed by atoms with van der Waals surface area (Å²) in [5, 5.41) is 10.5. The Morgan fingerprint density at radius 2 is 2.00 bits per heavy atom. The molecule has 0 aromatic heterocycles. The zero-order valence-corrected chi connectivity index (χ0v) is 14.3. The molecular weight excluding hydrogens is 349 g/mol. The quantitative estimate of drug-likeness (QED) is 0.555. The van der Waals surface area contributed by atoms with E-state index in [1.165, 1.54) is 0 Å². The summed E-state index contributed by atoms with van der Waals surface area (Å²) in [5.41, 5.74) is 1.71. The normalized spacial score (nSPS) is 12.8. The fourth-order valence-corrected chi connectivity index (χ4v) is 2.88. The van der Waals surface area contributed by atoms with Gasteiger partial charge >= 0.3 is 0 Å². The van der Waals surface area contributed by atoms with Crippen molar-refractivity contribution in [3.63, 3.8) is 0 Å². The van der Waals surface area contributed by atoms with Crippen molar-refractivity contribution in [3.05, 3.63) is 51.5 Å². The lowest BCUT2D eigenvalue weighted by Crippen LogP contribution is -1.95. The van der Waals surface area contributed by atoms with Gasteiger partial charge in [-0.1, -0.05) is 29.3 Å². The van der Waals surface area contributed by atoms with Crippen molar-refractivity contribution in [3.8, 4) is 23.3 Å². The van der Waals surface area contributed by atoms with Gasteiger partial charge in [-0.15, -0.1) is 0 Å². The maximum absolute atomic E-state index is 9.54. The van der Waals surface area contributed by atoms with E-state index < -0.39 is 0 Å². The Kier molecular flexibility index (Phi) is 4.84. The van der Waals surface area contributed by atoms with Crippen molar-refractivity contribution in [2.45, 2.75) is 6.92 Å². The Bertz CT molecular complexity index is 856. The minimum atomic E-state index is 0.169. The number of hydrogen-bond donors (Lipinski definition) is 0. The Labute approximate surface area is 149 Å². The van der Waals surface area contributed by atoms with Crippen LogP contribution in [0, 0.1) is 11.3 Å². The van der Waals surface area contributed by atoms with Crippen LogP contribution in [0.2, 0.25) is 10.0 Å². The van der Waals surface area contributed by atoms with E-state index >= 15 is 0 Å². The molecule has 1 aliphatic heterocycles. The number of halogens is 2. The second-order valence-electron chi connectivity index (χ2n) is 4.97. The SMILES string of the molecule is CCOc1cc2c(cc1C=C(C#N)c1ccc(Cl)cc1Cl)OCO2. The Morgan fingerprint density at radius 3 is 2.67 bits per heavy atom. The van der Waals surface area contributed by atoms with Crippen LogP contribution in [0.3, 0.4) is 0 Å². The molecular formula is C18H13Cl2NO3. The van der Waals surface area contributed by atoms with Crippen LogP contribution in [0.25, 0.3) is 11.6 Å². The third kappa shape index (κ3) is 3.28. The fraction of sp³-hybridized carbons (Fsp3) is 0.167. The topological polar surface area (TPSA) is 51.5 Å². The standard InChI is InChI=1S/C18H13Cl2NO3/c1-2-22-16-8-18-17(23-10-24-18)6-11(16)5-12(9-21)14-4-3-13(19)7-15(14)20/h3-8H,2,10H2,1H3. The highest BCUT2D eigenvalue weighted by Crippen LogP contribution is 2.40. The average molecular weight is 362 g/mol. The minimum Gasteiger partial charge on any atom is -0.493 e. The molecule has 4 nitrogen and oxygen atoms in total. The Balaban J connectivity index is 2.09. The van der Waals surface area contributed by atoms with Crippen molar-refractivity contribution in [2.24, 2.45) is 0 Å². The molecule has 0 aliphatic carbocycles. The first kappa shape index (κ1) is 16.5. The third-order valence-corrected chi connectivity index (χ3v) is 3.99. The highest BCUT2D eigenvalue weighted by Gasteiger charge is 2.18. The number of rotatable bonds is 4. The predicted octanol–water partition coefficient (Wildman–Crippen LogP) is 5.18. The molecule has 0 amide bonds. The van der Waals surface area contributed by atoms with Gasteiger partial charge in [-0.05, 0) is 31.2 Å². The summed E-state index contributed by atoms with van der Waals surface area (Å²) >= 11 is 12.1. The number of ether oxygens (including phenoxy) is 3. The largest absolute Gasteiger partial charge is 0.493 e. The van der Waals surface area contributed by atoms with Gasteiger partial charge in [0.15, 0.2) is 11.5 Å². The van der Waals surface area contributed by atoms with E-state index in [2.05, 4.69) is 6.07 Å². The molecule has 2 aromatic rings. The highest BCUT2D eigenvalue weighted by atomic mass is 35.5. The van der Waals surface area contributed by atoms with E-state index in [1.807, 2.05) is 6.92 Å². The first-order valence-electron chi connectivity index (χ1n) is 7.26. The first-order chi connectivity index (χ1) is 11.6. The predicted molar refractivity (Wildman–Crippen MR) is 93.7 cm³/mol. The summed E-state index contributed by atoms with van der Waals surface area (Å²) in [6, 6.07) is 10.7. The van der Waals surface area contributed by atoms with Crippen LogP contribution in [0.1, 0.15) is 18.1 Å². The van der Waals surface area contributed by atoms with Gasteiger partial charge in [0, 0.05) is 22.2 Å². The Hall–Kier alpha value is -2.35. The molecule has 122 valence electrons. The van der Waals surface area contributed by atoms with Crippen LogP contribution in [0.15, 0.2) is 30.3 Å². The van der Waals surface area contributed by atoms with Gasteiger partial charge in [-0.3, -0.25) is 0 Å². The second kappa shape index (κ2) is 7.04. The molecule has 0 unspecified atom stereocenters. The number of allylic oxidation sites excluding steroid dienone is 1. The lowest BCUT2D eigenvalue weighted by atomic mass is 10.0. The molecule has 2 aromatic carbocycles. The number of fused-ring (bicyclic) bond motifs is 1. The van der Waals surface area contributed by atoms with E-state index in [4.69, 9.17) is 37.4 Å². The molecule has 1 aliphatic rings. The van der Waals surface area contributed by atoms with E-state index in [-0.39, 0.29) is 6.79 Å². The summed E-state index contributed by atoms with van der Waals surface area (Å²) in [7, 11) is 0. The molecule has 0 bridgehead atoms. The molecule has 0 saturated carbocycles. The lowest BCUT2D eigenvalue weighted by molar-refractivity contribution is 0.174. The zero-order chi connectivity index (χ0) is 17.1. The minimum absolute atomic E-state index is 0.169. The molecule has 0 saturated heterocycles. The van der Waals surface area contributed by atoms with Gasteiger partial charge in [0.05, 0.1) is 23.3 Å². The summed E-state index contributed by atoms with van der Waals surface area (Å²) in [5.74, 6) is 1.85. The number of benzene rings is 2. The van der Waals surface area contributed by atoms with Crippen LogP contribution in [0.5, 0.6) is 17.2 Å². The van der Waals surface area contributed by atoms with Crippen molar-refractivity contribution in [2.75, 3.05) is 13.4 Å². The van der Waals surface area contributed by atoms with Gasteiger partial charge in [0.2, 0.25) is 6.79 Å². The molecule has 0 spiro atoms. The molecule has 0 radical (unpaired) electrons. The maximum Gasteiger partial charge on any atom is 0.231 e. The van der Waals surface area contributed by atoms with Crippen LogP contribution < -0.4 is 14.2 Å². The monoisotopic (exact) mass is 361 g/mol. The van der Waals surface area contributed by atoms with E-state index in [9.17, 15) is 5.26 Å². The Morgan fingerprint density at radius 1 is 1.25 bits per heavy atom. The second-order valence-corrected chi connectivity index (χ2v) is 5.81. The molecule has 0 atom stereocenters. The molecule has 3 rings (SSSR count). The van der Waals surface area contributed by atoms with E-state index in [0.29, 0.717) is 50.6 Å². The summed E-state index contributed by atoms with van der Waals surface area (Å²) in [6.07, 6.45) is 1.71. The molecule has 1 heterocycles. The molecule has 6 heteroatoms. The lowest BCUT2D eigenvalue weighted by Gasteiger charge is -2.10. The van der Waals surface area contributed by atoms with Gasteiger partial charge in [0.1, 0.15) is 5.75 Å². The van der Waals surface area contributed by atoms with Gasteiger partial charge in [-0.2, -0.15) is 5.26 Å². The van der Waals surface area contributed by atoms with E-state index in [1.54, 1.807) is 36.4 Å². The fourth-order valence-electron chi connectivity index (χ4n) is 2.37. The average Bonchev–Trinajstić information content (AvgIpc) is 3.00. The van der Waals surface area contributed by atoms with Gasteiger partial charge < -0.3 is 14.2 Å². The third-order valence-electron chi connectivity index (χ3n) is 3.45.